The minimum Gasteiger partial charge on any atom is -0.388 e. The van der Waals surface area contributed by atoms with Crippen LogP contribution in [0.4, 0.5) is 5.69 Å². The van der Waals surface area contributed by atoms with Crippen LogP contribution in [0.2, 0.25) is 0 Å². The van der Waals surface area contributed by atoms with Gasteiger partial charge in [0, 0.05) is 23.9 Å². The van der Waals surface area contributed by atoms with Crippen LogP contribution in [0.5, 0.6) is 0 Å². The van der Waals surface area contributed by atoms with Gasteiger partial charge in [0.05, 0.1) is 17.4 Å². The van der Waals surface area contributed by atoms with Crippen LogP contribution in [0.15, 0.2) is 48.8 Å². The molecule has 3 rings (SSSR count). The molecule has 1 aromatic heterocycles. The van der Waals surface area contributed by atoms with Crippen LogP contribution in [0.3, 0.4) is 0 Å². The third-order valence-electron chi connectivity index (χ3n) is 3.12. The van der Waals surface area contributed by atoms with Crippen LogP contribution in [-0.2, 0) is 0 Å². The summed E-state index contributed by atoms with van der Waals surface area (Å²) in [5.74, 6) is 0.0131. The molecular formula is C15H13N3O. The normalized spacial score (nSPS) is 10.6. The van der Waals surface area contributed by atoms with Crippen molar-refractivity contribution in [3.63, 3.8) is 0 Å². The second-order valence-electron chi connectivity index (χ2n) is 4.29. The zero-order chi connectivity index (χ0) is 13.2. The molecule has 3 aromatic rings. The number of benzene rings is 2. The van der Waals surface area contributed by atoms with E-state index in [2.05, 4.69) is 15.3 Å². The van der Waals surface area contributed by atoms with Gasteiger partial charge in [0.25, 0.3) is 0 Å². The topological polar surface area (TPSA) is 57.8 Å². The number of H-pyrrole nitrogens is 1. The smallest absolute Gasteiger partial charge is 0.193 e. The molecule has 1 heterocycles. The summed E-state index contributed by atoms with van der Waals surface area (Å²) in [7, 11) is 1.85. The van der Waals surface area contributed by atoms with Gasteiger partial charge in [0.15, 0.2) is 5.78 Å². The first kappa shape index (κ1) is 11.5. The monoisotopic (exact) mass is 251 g/mol. The largest absolute Gasteiger partial charge is 0.388 e. The fourth-order valence-corrected chi connectivity index (χ4v) is 2.03. The van der Waals surface area contributed by atoms with Crippen LogP contribution in [0.1, 0.15) is 15.9 Å². The van der Waals surface area contributed by atoms with E-state index in [4.69, 9.17) is 0 Å². The molecule has 0 aliphatic heterocycles. The maximum Gasteiger partial charge on any atom is 0.193 e. The Kier molecular flexibility index (Phi) is 2.76. The SMILES string of the molecule is CNc1ccc(C(=O)c2ccc3nc[nH]c3c2)cc1. The first-order chi connectivity index (χ1) is 9.28. The third-order valence-corrected chi connectivity index (χ3v) is 3.12. The van der Waals surface area contributed by atoms with Crippen molar-refractivity contribution in [3.05, 3.63) is 59.9 Å². The lowest BCUT2D eigenvalue weighted by Crippen LogP contribution is -2.01. The Labute approximate surface area is 110 Å². The summed E-state index contributed by atoms with van der Waals surface area (Å²) in [5.41, 5.74) is 4.06. The number of carbonyl (C=O) groups is 1. The average Bonchev–Trinajstić information content (AvgIpc) is 2.94. The van der Waals surface area contributed by atoms with Crippen molar-refractivity contribution in [2.75, 3.05) is 12.4 Å². The molecule has 94 valence electrons. The zero-order valence-corrected chi connectivity index (χ0v) is 10.5. The molecule has 0 aliphatic carbocycles. The van der Waals surface area contributed by atoms with Gasteiger partial charge in [0.1, 0.15) is 0 Å². The summed E-state index contributed by atoms with van der Waals surface area (Å²) in [6.07, 6.45) is 1.63. The van der Waals surface area contributed by atoms with Crippen molar-refractivity contribution in [1.29, 1.82) is 0 Å². The maximum absolute atomic E-state index is 12.4. The zero-order valence-electron chi connectivity index (χ0n) is 10.5. The number of aromatic nitrogens is 2. The van der Waals surface area contributed by atoms with Crippen LogP contribution in [0, 0.1) is 0 Å². The van der Waals surface area contributed by atoms with Gasteiger partial charge in [-0.1, -0.05) is 0 Å². The summed E-state index contributed by atoms with van der Waals surface area (Å²) in [5, 5.41) is 3.03. The van der Waals surface area contributed by atoms with E-state index in [0.29, 0.717) is 11.1 Å². The second-order valence-corrected chi connectivity index (χ2v) is 4.29. The molecule has 0 amide bonds. The molecule has 0 aliphatic rings. The first-order valence-corrected chi connectivity index (χ1v) is 6.03. The van der Waals surface area contributed by atoms with Gasteiger partial charge in [-0.05, 0) is 42.5 Å². The average molecular weight is 251 g/mol. The van der Waals surface area contributed by atoms with E-state index in [9.17, 15) is 4.79 Å². The van der Waals surface area contributed by atoms with E-state index in [0.717, 1.165) is 16.7 Å². The lowest BCUT2D eigenvalue weighted by atomic mass is 10.0. The van der Waals surface area contributed by atoms with E-state index in [1.54, 1.807) is 12.4 Å². The number of carbonyl (C=O) groups excluding carboxylic acids is 1. The molecule has 0 atom stereocenters. The van der Waals surface area contributed by atoms with Gasteiger partial charge < -0.3 is 10.3 Å². The second kappa shape index (κ2) is 4.57. The standard InChI is InChI=1S/C15H13N3O/c1-16-12-5-2-10(3-6-12)15(19)11-4-7-13-14(8-11)18-9-17-13/h2-9,16H,1H3,(H,17,18). The molecule has 0 saturated carbocycles. The molecule has 2 N–H and O–H groups in total. The number of nitrogens with zero attached hydrogens (tertiary/aromatic N) is 1. The highest BCUT2D eigenvalue weighted by molar-refractivity contribution is 6.10. The number of imidazole rings is 1. The minimum absolute atomic E-state index is 0.0131. The molecule has 0 fully saturated rings. The molecule has 0 spiro atoms. The Morgan fingerprint density at radius 2 is 1.84 bits per heavy atom. The highest BCUT2D eigenvalue weighted by atomic mass is 16.1. The summed E-state index contributed by atoms with van der Waals surface area (Å²) >= 11 is 0. The van der Waals surface area contributed by atoms with Crippen LogP contribution >= 0.6 is 0 Å². The van der Waals surface area contributed by atoms with Crippen molar-refractivity contribution in [1.82, 2.24) is 9.97 Å². The van der Waals surface area contributed by atoms with Crippen molar-refractivity contribution in [3.8, 4) is 0 Å². The van der Waals surface area contributed by atoms with Gasteiger partial charge in [-0.2, -0.15) is 0 Å². The Hall–Kier alpha value is -2.62. The van der Waals surface area contributed by atoms with E-state index in [1.165, 1.54) is 0 Å². The highest BCUT2D eigenvalue weighted by Crippen LogP contribution is 2.17. The fourth-order valence-electron chi connectivity index (χ4n) is 2.03. The van der Waals surface area contributed by atoms with Gasteiger partial charge in [-0.15, -0.1) is 0 Å². The van der Waals surface area contributed by atoms with Crippen LogP contribution < -0.4 is 5.32 Å². The van der Waals surface area contributed by atoms with E-state index >= 15 is 0 Å². The first-order valence-electron chi connectivity index (χ1n) is 6.03. The number of rotatable bonds is 3. The van der Waals surface area contributed by atoms with Gasteiger partial charge in [-0.25, -0.2) is 4.98 Å². The van der Waals surface area contributed by atoms with Crippen molar-refractivity contribution in [2.24, 2.45) is 0 Å². The van der Waals surface area contributed by atoms with Gasteiger partial charge in [0.2, 0.25) is 0 Å². The van der Waals surface area contributed by atoms with Crippen molar-refractivity contribution in [2.45, 2.75) is 0 Å². The molecule has 0 bridgehead atoms. The van der Waals surface area contributed by atoms with Crippen LogP contribution in [0.25, 0.3) is 11.0 Å². The fraction of sp³-hybridized carbons (Fsp3) is 0.0667. The van der Waals surface area contributed by atoms with Gasteiger partial charge in [-0.3, -0.25) is 4.79 Å². The van der Waals surface area contributed by atoms with Crippen LogP contribution in [-0.4, -0.2) is 22.8 Å². The Morgan fingerprint density at radius 1 is 1.11 bits per heavy atom. The number of hydrogen-bond donors (Lipinski definition) is 2. The van der Waals surface area contributed by atoms with E-state index in [-0.39, 0.29) is 5.78 Å². The Morgan fingerprint density at radius 3 is 2.58 bits per heavy atom. The summed E-state index contributed by atoms with van der Waals surface area (Å²) in [4.78, 5) is 19.5. The van der Waals surface area contributed by atoms with E-state index in [1.807, 2.05) is 43.4 Å². The lowest BCUT2D eigenvalue weighted by molar-refractivity contribution is 0.103. The number of nitrogens with one attached hydrogen (secondary N) is 2. The predicted octanol–water partition coefficient (Wildman–Crippen LogP) is 2.84. The van der Waals surface area contributed by atoms with Crippen molar-refractivity contribution < 1.29 is 4.79 Å². The number of ketones is 1. The molecule has 4 nitrogen and oxygen atoms in total. The maximum atomic E-state index is 12.4. The molecule has 0 unspecified atom stereocenters. The molecular weight excluding hydrogens is 238 g/mol. The summed E-state index contributed by atoms with van der Waals surface area (Å²) in [6, 6.07) is 12.9. The molecule has 0 saturated heterocycles. The summed E-state index contributed by atoms with van der Waals surface area (Å²) in [6.45, 7) is 0. The predicted molar refractivity (Wildman–Crippen MR) is 75.5 cm³/mol. The Balaban J connectivity index is 1.97. The number of aromatic amines is 1. The number of hydrogen-bond acceptors (Lipinski definition) is 3. The number of fused-ring (bicyclic) bond motifs is 1. The van der Waals surface area contributed by atoms with E-state index < -0.39 is 0 Å². The van der Waals surface area contributed by atoms with Gasteiger partial charge >= 0.3 is 0 Å². The van der Waals surface area contributed by atoms with Crippen molar-refractivity contribution >= 4 is 22.5 Å². The molecule has 0 radical (unpaired) electrons. The highest BCUT2D eigenvalue weighted by Gasteiger charge is 2.10. The molecule has 4 heteroatoms. The lowest BCUT2D eigenvalue weighted by Gasteiger charge is -2.03. The molecule has 2 aromatic carbocycles. The Bertz CT molecular complexity index is 728. The summed E-state index contributed by atoms with van der Waals surface area (Å²) < 4.78 is 0. The number of anilines is 1. The quantitative estimate of drug-likeness (QED) is 0.704. The molecule has 19 heavy (non-hydrogen) atoms. The minimum atomic E-state index is 0.0131. The third kappa shape index (κ3) is 2.08.